The molecule has 20 heavy (non-hydrogen) atoms. The largest absolute Gasteiger partial charge is 0.480 e. The highest BCUT2D eigenvalue weighted by molar-refractivity contribution is 5.83. The third-order valence-electron chi connectivity index (χ3n) is 3.85. The molecule has 0 aromatic heterocycles. The molecule has 116 valence electrons. The predicted octanol–water partition coefficient (Wildman–Crippen LogP) is 1.65. The number of nitrogens with zero attached hydrogens (tertiary/aromatic N) is 2. The van der Waals surface area contributed by atoms with E-state index < -0.39 is 17.4 Å². The molecule has 6 heteroatoms. The smallest absolute Gasteiger partial charge is 0.327 e. The highest BCUT2D eigenvalue weighted by atomic mass is 16.5. The Morgan fingerprint density at radius 2 is 2.10 bits per heavy atom. The molecule has 1 heterocycles. The fourth-order valence-electron chi connectivity index (χ4n) is 2.73. The van der Waals surface area contributed by atoms with Crippen LogP contribution in [0.1, 0.15) is 33.6 Å². The van der Waals surface area contributed by atoms with Gasteiger partial charge in [-0.25, -0.2) is 9.59 Å². The van der Waals surface area contributed by atoms with E-state index in [0.717, 1.165) is 12.8 Å². The van der Waals surface area contributed by atoms with Crippen molar-refractivity contribution in [1.29, 1.82) is 0 Å². The summed E-state index contributed by atoms with van der Waals surface area (Å²) in [4.78, 5) is 27.0. The summed E-state index contributed by atoms with van der Waals surface area (Å²) < 4.78 is 5.23. The molecule has 1 aliphatic rings. The number of carboxylic acids is 1. The van der Waals surface area contributed by atoms with Crippen molar-refractivity contribution in [1.82, 2.24) is 9.80 Å². The van der Waals surface area contributed by atoms with Crippen LogP contribution < -0.4 is 0 Å². The Morgan fingerprint density at radius 3 is 2.65 bits per heavy atom. The van der Waals surface area contributed by atoms with Gasteiger partial charge in [-0.05, 0) is 25.2 Å². The van der Waals surface area contributed by atoms with Crippen LogP contribution in [-0.4, -0.2) is 66.3 Å². The van der Waals surface area contributed by atoms with Gasteiger partial charge in [0.25, 0.3) is 0 Å². The van der Waals surface area contributed by atoms with Gasteiger partial charge >= 0.3 is 12.0 Å². The van der Waals surface area contributed by atoms with E-state index in [9.17, 15) is 14.7 Å². The van der Waals surface area contributed by atoms with Gasteiger partial charge in [0.1, 0.15) is 6.04 Å². The zero-order chi connectivity index (χ0) is 15.3. The lowest BCUT2D eigenvalue weighted by atomic mass is 9.76. The lowest BCUT2D eigenvalue weighted by molar-refractivity contribution is -0.148. The van der Waals surface area contributed by atoms with E-state index in [0.29, 0.717) is 26.3 Å². The van der Waals surface area contributed by atoms with Crippen molar-refractivity contribution in [2.24, 2.45) is 5.41 Å². The fraction of sp³-hybridized carbons (Fsp3) is 0.857. The molecule has 1 N–H and O–H groups in total. The summed E-state index contributed by atoms with van der Waals surface area (Å²) in [5.74, 6) is -0.929. The molecule has 0 spiro atoms. The van der Waals surface area contributed by atoms with Crippen LogP contribution in [0, 0.1) is 5.41 Å². The highest BCUT2D eigenvalue weighted by Gasteiger charge is 2.45. The second kappa shape index (κ2) is 6.92. The molecule has 0 aliphatic carbocycles. The number of piperidine rings is 1. The summed E-state index contributed by atoms with van der Waals surface area (Å²) in [6, 6.07) is -0.997. The quantitative estimate of drug-likeness (QED) is 0.780. The van der Waals surface area contributed by atoms with Crippen molar-refractivity contribution in [3.63, 3.8) is 0 Å². The normalized spacial score (nSPS) is 21.6. The first-order valence-corrected chi connectivity index (χ1v) is 7.13. The summed E-state index contributed by atoms with van der Waals surface area (Å²) in [6.45, 7) is 7.75. The predicted molar refractivity (Wildman–Crippen MR) is 75.7 cm³/mol. The zero-order valence-corrected chi connectivity index (χ0v) is 12.9. The molecule has 1 atom stereocenters. The summed E-state index contributed by atoms with van der Waals surface area (Å²) in [5.41, 5.74) is -0.402. The first-order chi connectivity index (χ1) is 9.31. The van der Waals surface area contributed by atoms with E-state index >= 15 is 0 Å². The van der Waals surface area contributed by atoms with Gasteiger partial charge in [0.15, 0.2) is 0 Å². The van der Waals surface area contributed by atoms with Gasteiger partial charge in [-0.3, -0.25) is 0 Å². The Bertz CT molecular complexity index is 357. The molecular formula is C14H26N2O4. The molecule has 1 unspecified atom stereocenters. The van der Waals surface area contributed by atoms with E-state index in [-0.39, 0.29) is 6.03 Å². The van der Waals surface area contributed by atoms with E-state index in [4.69, 9.17) is 4.74 Å². The zero-order valence-electron chi connectivity index (χ0n) is 12.9. The maximum Gasteiger partial charge on any atom is 0.327 e. The van der Waals surface area contributed by atoms with E-state index in [1.54, 1.807) is 7.05 Å². The molecule has 0 bridgehead atoms. The van der Waals surface area contributed by atoms with Crippen LogP contribution in [-0.2, 0) is 9.53 Å². The average Bonchev–Trinajstić information content (AvgIpc) is 2.36. The molecule has 0 radical (unpaired) electrons. The molecule has 0 aromatic rings. The van der Waals surface area contributed by atoms with Crippen LogP contribution in [0.15, 0.2) is 0 Å². The van der Waals surface area contributed by atoms with Crippen LogP contribution in [0.5, 0.6) is 0 Å². The minimum absolute atomic E-state index is 0.232. The van der Waals surface area contributed by atoms with Crippen LogP contribution in [0.4, 0.5) is 4.79 Å². The van der Waals surface area contributed by atoms with E-state index in [1.165, 1.54) is 9.80 Å². The molecule has 0 saturated carbocycles. The lowest BCUT2D eigenvalue weighted by Crippen LogP contribution is -2.59. The number of carbonyl (C=O) groups excluding carboxylic acids is 1. The van der Waals surface area contributed by atoms with E-state index in [1.807, 2.05) is 20.8 Å². The minimum Gasteiger partial charge on any atom is -0.480 e. The Balaban J connectivity index is 2.75. The lowest BCUT2D eigenvalue weighted by Gasteiger charge is -2.45. The number of hydrogen-bond donors (Lipinski definition) is 1. The van der Waals surface area contributed by atoms with Crippen molar-refractivity contribution >= 4 is 12.0 Å². The number of hydrogen-bond acceptors (Lipinski definition) is 3. The third kappa shape index (κ3) is 3.85. The van der Waals surface area contributed by atoms with Gasteiger partial charge < -0.3 is 19.6 Å². The van der Waals surface area contributed by atoms with Crippen molar-refractivity contribution in [2.75, 3.05) is 33.4 Å². The standard InChI is InChI=1S/C14H26N2O4/c1-5-20-10-9-15(4)13(19)16-8-6-7-14(2,3)11(16)12(17)18/h11H,5-10H2,1-4H3,(H,17,18). The topological polar surface area (TPSA) is 70.1 Å². The number of urea groups is 1. The number of carboxylic acid groups (broad SMARTS) is 1. The summed E-state index contributed by atoms with van der Waals surface area (Å²) in [7, 11) is 1.68. The maximum absolute atomic E-state index is 12.4. The van der Waals surface area contributed by atoms with Crippen LogP contribution in [0.25, 0.3) is 0 Å². The van der Waals surface area contributed by atoms with Crippen molar-refractivity contribution in [3.05, 3.63) is 0 Å². The summed E-state index contributed by atoms with van der Waals surface area (Å²) in [5, 5.41) is 9.45. The van der Waals surface area contributed by atoms with Gasteiger partial charge in [0.2, 0.25) is 0 Å². The highest BCUT2D eigenvalue weighted by Crippen LogP contribution is 2.35. The number of rotatable bonds is 5. The fourth-order valence-corrected chi connectivity index (χ4v) is 2.73. The molecule has 1 saturated heterocycles. The van der Waals surface area contributed by atoms with Gasteiger partial charge in [-0.15, -0.1) is 0 Å². The molecule has 6 nitrogen and oxygen atoms in total. The van der Waals surface area contributed by atoms with Crippen molar-refractivity contribution in [2.45, 2.75) is 39.7 Å². The SMILES string of the molecule is CCOCCN(C)C(=O)N1CCCC(C)(C)C1C(=O)O. The minimum atomic E-state index is -0.929. The molecule has 2 amide bonds. The maximum atomic E-state index is 12.4. The monoisotopic (exact) mass is 286 g/mol. The Kier molecular flexibility index (Phi) is 5.80. The number of amides is 2. The van der Waals surface area contributed by atoms with Crippen LogP contribution in [0.2, 0.25) is 0 Å². The molecule has 1 aliphatic heterocycles. The summed E-state index contributed by atoms with van der Waals surface area (Å²) in [6.07, 6.45) is 1.65. The average molecular weight is 286 g/mol. The first kappa shape index (κ1) is 16.8. The van der Waals surface area contributed by atoms with Crippen molar-refractivity contribution < 1.29 is 19.4 Å². The molecule has 1 fully saturated rings. The second-order valence-electron chi connectivity index (χ2n) is 5.93. The van der Waals surface area contributed by atoms with Crippen LogP contribution >= 0.6 is 0 Å². The summed E-state index contributed by atoms with van der Waals surface area (Å²) >= 11 is 0. The molecule has 1 rings (SSSR count). The van der Waals surface area contributed by atoms with Gasteiger partial charge in [0, 0.05) is 26.7 Å². The number of likely N-dealkylation sites (N-methyl/N-ethyl adjacent to an activating group) is 1. The number of ether oxygens (including phenoxy) is 1. The van der Waals surface area contributed by atoms with E-state index in [2.05, 4.69) is 0 Å². The third-order valence-corrected chi connectivity index (χ3v) is 3.85. The number of carbonyl (C=O) groups is 2. The van der Waals surface area contributed by atoms with Gasteiger partial charge in [0.05, 0.1) is 6.61 Å². The number of aliphatic carboxylic acids is 1. The number of likely N-dealkylation sites (tertiary alicyclic amines) is 1. The van der Waals surface area contributed by atoms with Crippen molar-refractivity contribution in [3.8, 4) is 0 Å². The first-order valence-electron chi connectivity index (χ1n) is 7.13. The van der Waals surface area contributed by atoms with Gasteiger partial charge in [-0.1, -0.05) is 13.8 Å². The second-order valence-corrected chi connectivity index (χ2v) is 5.93. The van der Waals surface area contributed by atoms with Gasteiger partial charge in [-0.2, -0.15) is 0 Å². The molecule has 0 aromatic carbocycles. The van der Waals surface area contributed by atoms with Crippen LogP contribution in [0.3, 0.4) is 0 Å². The Morgan fingerprint density at radius 1 is 1.45 bits per heavy atom. The Labute approximate surface area is 120 Å². The molecular weight excluding hydrogens is 260 g/mol. The Hall–Kier alpha value is -1.30.